The number of nitrogens with zero attached hydrogens (tertiary/aromatic N) is 2. The SMILES string of the molecule is CCCCc1ccc(NC(=O)CSc2ccc(NC(=O)C3CC3)nn2)cc1. The first-order valence-corrected chi connectivity index (χ1v) is 10.3. The number of hydrogen-bond acceptors (Lipinski definition) is 5. The van der Waals surface area contributed by atoms with Gasteiger partial charge in [0, 0.05) is 11.6 Å². The molecule has 0 spiro atoms. The van der Waals surface area contributed by atoms with Crippen molar-refractivity contribution in [3.63, 3.8) is 0 Å². The molecule has 2 amide bonds. The third-order valence-electron chi connectivity index (χ3n) is 4.25. The summed E-state index contributed by atoms with van der Waals surface area (Å²) >= 11 is 1.31. The van der Waals surface area contributed by atoms with E-state index in [1.54, 1.807) is 12.1 Å². The van der Waals surface area contributed by atoms with Gasteiger partial charge >= 0.3 is 0 Å². The fourth-order valence-corrected chi connectivity index (χ4v) is 3.12. The van der Waals surface area contributed by atoms with Crippen molar-refractivity contribution in [2.75, 3.05) is 16.4 Å². The van der Waals surface area contributed by atoms with Crippen LogP contribution in [-0.4, -0.2) is 27.8 Å². The van der Waals surface area contributed by atoms with Gasteiger partial charge < -0.3 is 10.6 Å². The molecule has 1 aliphatic carbocycles. The predicted octanol–water partition coefficient (Wildman–Crippen LogP) is 3.90. The summed E-state index contributed by atoms with van der Waals surface area (Å²) in [6.45, 7) is 2.17. The Morgan fingerprint density at radius 2 is 1.85 bits per heavy atom. The van der Waals surface area contributed by atoms with Gasteiger partial charge in [0.1, 0.15) is 5.03 Å². The van der Waals surface area contributed by atoms with Crippen LogP contribution in [0.1, 0.15) is 38.2 Å². The summed E-state index contributed by atoms with van der Waals surface area (Å²) in [5, 5.41) is 14.3. The van der Waals surface area contributed by atoms with Gasteiger partial charge in [-0.1, -0.05) is 37.2 Å². The molecule has 2 N–H and O–H groups in total. The molecule has 6 nitrogen and oxygen atoms in total. The van der Waals surface area contributed by atoms with E-state index in [9.17, 15) is 9.59 Å². The van der Waals surface area contributed by atoms with E-state index in [2.05, 4.69) is 39.9 Å². The summed E-state index contributed by atoms with van der Waals surface area (Å²) in [6, 6.07) is 11.4. The fraction of sp³-hybridized carbons (Fsp3) is 0.400. The predicted molar refractivity (Wildman–Crippen MR) is 108 cm³/mol. The molecular formula is C20H24N4O2S. The monoisotopic (exact) mass is 384 g/mol. The number of benzene rings is 1. The van der Waals surface area contributed by atoms with Crippen LogP contribution < -0.4 is 10.6 Å². The number of anilines is 2. The van der Waals surface area contributed by atoms with E-state index in [-0.39, 0.29) is 23.5 Å². The average Bonchev–Trinajstić information content (AvgIpc) is 3.52. The highest BCUT2D eigenvalue weighted by Gasteiger charge is 2.29. The number of carbonyl (C=O) groups is 2. The summed E-state index contributed by atoms with van der Waals surface area (Å²) < 4.78 is 0. The van der Waals surface area contributed by atoms with Crippen molar-refractivity contribution in [1.29, 1.82) is 0 Å². The molecule has 7 heteroatoms. The van der Waals surface area contributed by atoms with Crippen molar-refractivity contribution in [2.24, 2.45) is 5.92 Å². The molecule has 1 aromatic carbocycles. The summed E-state index contributed by atoms with van der Waals surface area (Å²) in [4.78, 5) is 23.8. The van der Waals surface area contributed by atoms with Crippen molar-refractivity contribution in [2.45, 2.75) is 44.1 Å². The number of carbonyl (C=O) groups excluding carboxylic acids is 2. The number of hydrogen-bond donors (Lipinski definition) is 2. The molecule has 0 unspecified atom stereocenters. The molecule has 3 rings (SSSR count). The van der Waals surface area contributed by atoms with Crippen LogP contribution in [0, 0.1) is 5.92 Å². The van der Waals surface area contributed by atoms with E-state index in [0.29, 0.717) is 10.8 Å². The van der Waals surface area contributed by atoms with Crippen molar-refractivity contribution < 1.29 is 9.59 Å². The zero-order chi connectivity index (χ0) is 19.1. The highest BCUT2D eigenvalue weighted by atomic mass is 32.2. The molecule has 0 bridgehead atoms. The fourth-order valence-electron chi connectivity index (χ4n) is 2.51. The normalized spacial score (nSPS) is 13.2. The number of aryl methyl sites for hydroxylation is 1. The van der Waals surface area contributed by atoms with Crippen LogP contribution in [0.25, 0.3) is 0 Å². The Labute approximate surface area is 163 Å². The van der Waals surface area contributed by atoms with Crippen LogP contribution in [0.4, 0.5) is 11.5 Å². The first-order chi connectivity index (χ1) is 13.1. The molecule has 1 aliphatic rings. The molecule has 1 heterocycles. The molecular weight excluding hydrogens is 360 g/mol. The maximum atomic E-state index is 12.1. The van der Waals surface area contributed by atoms with Gasteiger partial charge in [-0.25, -0.2) is 0 Å². The average molecular weight is 385 g/mol. The second-order valence-electron chi connectivity index (χ2n) is 6.66. The lowest BCUT2D eigenvalue weighted by Crippen LogP contribution is -2.15. The van der Waals surface area contributed by atoms with E-state index in [0.717, 1.165) is 24.9 Å². The lowest BCUT2D eigenvalue weighted by Gasteiger charge is -2.07. The Morgan fingerprint density at radius 1 is 1.07 bits per heavy atom. The van der Waals surface area contributed by atoms with Crippen LogP contribution >= 0.6 is 11.8 Å². The smallest absolute Gasteiger partial charge is 0.234 e. The molecule has 2 aromatic rings. The molecule has 27 heavy (non-hydrogen) atoms. The molecule has 1 fully saturated rings. The second-order valence-corrected chi connectivity index (χ2v) is 7.65. The van der Waals surface area contributed by atoms with Crippen LogP contribution in [0.3, 0.4) is 0 Å². The first-order valence-electron chi connectivity index (χ1n) is 9.30. The van der Waals surface area contributed by atoms with Crippen LogP contribution in [0.15, 0.2) is 41.4 Å². The summed E-state index contributed by atoms with van der Waals surface area (Å²) in [6.07, 6.45) is 5.31. The molecule has 0 aliphatic heterocycles. The van der Waals surface area contributed by atoms with E-state index in [4.69, 9.17) is 0 Å². The minimum atomic E-state index is -0.0887. The minimum absolute atomic E-state index is 0.00444. The maximum Gasteiger partial charge on any atom is 0.234 e. The van der Waals surface area contributed by atoms with Gasteiger partial charge in [0.15, 0.2) is 5.82 Å². The Bertz CT molecular complexity index is 774. The zero-order valence-electron chi connectivity index (χ0n) is 15.4. The Morgan fingerprint density at radius 3 is 2.48 bits per heavy atom. The molecule has 0 saturated heterocycles. The van der Waals surface area contributed by atoms with Crippen molar-refractivity contribution in [3.8, 4) is 0 Å². The quantitative estimate of drug-likeness (QED) is 0.641. The van der Waals surface area contributed by atoms with Gasteiger partial charge in [0.2, 0.25) is 11.8 Å². The van der Waals surface area contributed by atoms with Gasteiger partial charge in [-0.05, 0) is 55.5 Å². The number of aromatic nitrogens is 2. The summed E-state index contributed by atoms with van der Waals surface area (Å²) in [5.41, 5.74) is 2.08. The van der Waals surface area contributed by atoms with Crippen LogP contribution in [-0.2, 0) is 16.0 Å². The van der Waals surface area contributed by atoms with Crippen LogP contribution in [0.2, 0.25) is 0 Å². The van der Waals surface area contributed by atoms with E-state index in [1.165, 1.54) is 30.2 Å². The number of nitrogens with one attached hydrogen (secondary N) is 2. The summed E-state index contributed by atoms with van der Waals surface area (Å²) in [7, 11) is 0. The molecule has 1 saturated carbocycles. The zero-order valence-corrected chi connectivity index (χ0v) is 16.2. The highest BCUT2D eigenvalue weighted by molar-refractivity contribution is 7.99. The maximum absolute atomic E-state index is 12.1. The number of unbranched alkanes of at least 4 members (excludes halogenated alkanes) is 1. The van der Waals surface area contributed by atoms with Crippen molar-refractivity contribution >= 4 is 35.1 Å². The lowest BCUT2D eigenvalue weighted by atomic mass is 10.1. The largest absolute Gasteiger partial charge is 0.325 e. The van der Waals surface area contributed by atoms with E-state index in [1.807, 2.05) is 12.1 Å². The van der Waals surface area contributed by atoms with Gasteiger partial charge in [0.25, 0.3) is 0 Å². The summed E-state index contributed by atoms with van der Waals surface area (Å²) in [5.74, 6) is 0.744. The van der Waals surface area contributed by atoms with Gasteiger partial charge in [0.05, 0.1) is 5.75 Å². The highest BCUT2D eigenvalue weighted by Crippen LogP contribution is 2.30. The molecule has 0 atom stereocenters. The topological polar surface area (TPSA) is 84.0 Å². The minimum Gasteiger partial charge on any atom is -0.325 e. The third-order valence-corrected chi connectivity index (χ3v) is 5.17. The molecule has 0 radical (unpaired) electrons. The van der Waals surface area contributed by atoms with E-state index < -0.39 is 0 Å². The van der Waals surface area contributed by atoms with Crippen LogP contribution in [0.5, 0.6) is 0 Å². The lowest BCUT2D eigenvalue weighted by molar-refractivity contribution is -0.117. The number of rotatable bonds is 9. The number of thioether (sulfide) groups is 1. The van der Waals surface area contributed by atoms with Crippen molar-refractivity contribution in [1.82, 2.24) is 10.2 Å². The first kappa shape index (κ1) is 19.4. The van der Waals surface area contributed by atoms with Gasteiger partial charge in [-0.3, -0.25) is 9.59 Å². The van der Waals surface area contributed by atoms with E-state index >= 15 is 0 Å². The van der Waals surface area contributed by atoms with Crippen molar-refractivity contribution in [3.05, 3.63) is 42.0 Å². The van der Waals surface area contributed by atoms with Gasteiger partial charge in [-0.2, -0.15) is 0 Å². The standard InChI is InChI=1S/C20H24N4O2S/c1-2-3-4-14-5-9-16(10-6-14)21-18(25)13-27-19-12-11-17(23-24-19)22-20(26)15-7-8-15/h5-6,9-12,15H,2-4,7-8,13H2,1H3,(H,21,25)(H,22,23,26). The number of amides is 2. The Kier molecular flexibility index (Phi) is 6.81. The Balaban J connectivity index is 1.42. The Hall–Kier alpha value is -2.41. The second kappa shape index (κ2) is 9.50. The third kappa shape index (κ3) is 6.36. The molecule has 142 valence electrons. The van der Waals surface area contributed by atoms with Gasteiger partial charge in [-0.15, -0.1) is 10.2 Å². The molecule has 1 aromatic heterocycles.